The average molecular weight is 462 g/mol. The van der Waals surface area contributed by atoms with Gasteiger partial charge in [-0.2, -0.15) is 0 Å². The van der Waals surface area contributed by atoms with E-state index >= 15 is 0 Å². The Morgan fingerprint density at radius 1 is 0.722 bits per heavy atom. The van der Waals surface area contributed by atoms with Gasteiger partial charge in [-0.15, -0.1) is 0 Å². The number of hydrogen-bond donors (Lipinski definition) is 1. The van der Waals surface area contributed by atoms with Crippen LogP contribution in [0.1, 0.15) is 0 Å². The van der Waals surface area contributed by atoms with Gasteiger partial charge >= 0.3 is 0 Å². The molecule has 10 rings (SSSR count). The first-order valence-corrected chi connectivity index (χ1v) is 12.5. The highest BCUT2D eigenvalue weighted by Crippen LogP contribution is 2.61. The third-order valence-electron chi connectivity index (χ3n) is 8.54. The van der Waals surface area contributed by atoms with Crippen LogP contribution in [-0.2, 0) is 0 Å². The maximum absolute atomic E-state index is 6.31. The number of benzene rings is 4. The smallest absolute Gasteiger partial charge is 0.157 e. The van der Waals surface area contributed by atoms with E-state index in [1.54, 1.807) is 0 Å². The molecule has 0 saturated carbocycles. The second kappa shape index (κ2) is 5.58. The summed E-state index contributed by atoms with van der Waals surface area (Å²) in [6, 6.07) is 28.7. The van der Waals surface area contributed by atoms with E-state index in [4.69, 9.17) is 4.42 Å². The van der Waals surface area contributed by atoms with Gasteiger partial charge < -0.3 is 14.6 Å². The number of allylic oxidation sites excluding steroid dienone is 2. The number of rotatable bonds is 1. The molecule has 36 heavy (non-hydrogen) atoms. The molecular formula is C32H19N3O. The number of hydrogen-bond acceptors (Lipinski definition) is 3. The Morgan fingerprint density at radius 3 is 2.53 bits per heavy atom. The highest BCUT2D eigenvalue weighted by atomic mass is 16.3. The molecule has 1 aliphatic carbocycles. The molecule has 5 heterocycles. The van der Waals surface area contributed by atoms with Crippen molar-refractivity contribution in [2.75, 3.05) is 10.2 Å². The Bertz CT molecular complexity index is 2150. The first kappa shape index (κ1) is 17.7. The van der Waals surface area contributed by atoms with Crippen molar-refractivity contribution in [3.05, 3.63) is 103 Å². The van der Waals surface area contributed by atoms with E-state index in [9.17, 15) is 0 Å². The summed E-state index contributed by atoms with van der Waals surface area (Å²) in [6.45, 7) is 0. The molecule has 1 spiro atoms. The van der Waals surface area contributed by atoms with Gasteiger partial charge in [0.15, 0.2) is 5.66 Å². The van der Waals surface area contributed by atoms with Crippen LogP contribution in [-0.4, -0.2) is 16.1 Å². The van der Waals surface area contributed by atoms with Gasteiger partial charge in [0.2, 0.25) is 0 Å². The molecule has 1 N–H and O–H groups in total. The van der Waals surface area contributed by atoms with Crippen molar-refractivity contribution in [1.29, 1.82) is 0 Å². The lowest BCUT2D eigenvalue weighted by atomic mass is 9.99. The van der Waals surface area contributed by atoms with E-state index in [0.717, 1.165) is 16.6 Å². The third-order valence-corrected chi connectivity index (χ3v) is 8.54. The van der Waals surface area contributed by atoms with Gasteiger partial charge in [-0.1, -0.05) is 66.8 Å². The molecular weight excluding hydrogens is 442 g/mol. The van der Waals surface area contributed by atoms with E-state index in [2.05, 4.69) is 112 Å². The van der Waals surface area contributed by atoms with Crippen LogP contribution in [0.25, 0.3) is 60.3 Å². The topological polar surface area (TPSA) is 32.6 Å². The predicted molar refractivity (Wildman–Crippen MR) is 147 cm³/mol. The molecule has 0 amide bonds. The molecule has 4 aromatic carbocycles. The Balaban J connectivity index is 1.40. The van der Waals surface area contributed by atoms with Gasteiger partial charge in [-0.05, 0) is 47.5 Å². The molecule has 7 aromatic rings. The van der Waals surface area contributed by atoms with Gasteiger partial charge in [-0.3, -0.25) is 4.40 Å². The fraction of sp³-hybridized carbons (Fsp3) is 0.0625. The number of furan rings is 1. The van der Waals surface area contributed by atoms with Crippen LogP contribution in [0.2, 0.25) is 0 Å². The minimum Gasteiger partial charge on any atom is -0.456 e. The Morgan fingerprint density at radius 2 is 1.58 bits per heavy atom. The number of para-hydroxylation sites is 1. The Labute approximate surface area is 205 Å². The van der Waals surface area contributed by atoms with Crippen molar-refractivity contribution in [3.63, 3.8) is 0 Å². The lowest BCUT2D eigenvalue weighted by molar-refractivity contribution is 0.669. The quantitative estimate of drug-likeness (QED) is 0.254. The highest BCUT2D eigenvalue weighted by Gasteiger charge is 2.67. The van der Waals surface area contributed by atoms with Gasteiger partial charge in [0.05, 0.1) is 22.8 Å². The molecule has 2 atom stereocenters. The lowest BCUT2D eigenvalue weighted by Crippen LogP contribution is -2.23. The second-order valence-electron chi connectivity index (χ2n) is 10.3. The van der Waals surface area contributed by atoms with Gasteiger partial charge in [0, 0.05) is 26.9 Å². The van der Waals surface area contributed by atoms with Gasteiger partial charge in [-0.25, -0.2) is 0 Å². The highest BCUT2D eigenvalue weighted by molar-refractivity contribution is 6.25. The van der Waals surface area contributed by atoms with E-state index in [0.29, 0.717) is 6.04 Å². The molecule has 0 bridgehead atoms. The van der Waals surface area contributed by atoms with Crippen molar-refractivity contribution in [2.24, 2.45) is 0 Å². The summed E-state index contributed by atoms with van der Waals surface area (Å²) in [4.78, 5) is 2.53. The molecule has 4 nitrogen and oxygen atoms in total. The molecule has 0 radical (unpaired) electrons. The number of fused-ring (bicyclic) bond motifs is 11. The number of aromatic nitrogens is 1. The summed E-state index contributed by atoms with van der Waals surface area (Å²) in [5.74, 6) is 1.27. The summed E-state index contributed by atoms with van der Waals surface area (Å²) < 4.78 is 8.80. The van der Waals surface area contributed by atoms with E-state index in [-0.39, 0.29) is 5.66 Å². The largest absolute Gasteiger partial charge is 0.456 e. The fourth-order valence-corrected chi connectivity index (χ4v) is 6.95. The second-order valence-corrected chi connectivity index (χ2v) is 10.3. The SMILES string of the molecule is C1=CC2N3c4c(c5cc(-c6ccccc6)cc6c7cc8oc9ccccc9c8cc7n4c56)N[C@@]23C=C1. The number of nitrogens with zero attached hydrogens (tertiary/aromatic N) is 2. The summed E-state index contributed by atoms with van der Waals surface area (Å²) in [5, 5.41) is 10.0. The molecule has 1 unspecified atom stereocenters. The zero-order valence-electron chi connectivity index (χ0n) is 19.2. The van der Waals surface area contributed by atoms with Crippen LogP contribution in [0.15, 0.2) is 108 Å². The Kier molecular flexibility index (Phi) is 2.74. The lowest BCUT2D eigenvalue weighted by Gasteiger charge is -2.11. The maximum atomic E-state index is 6.31. The summed E-state index contributed by atoms with van der Waals surface area (Å²) >= 11 is 0. The van der Waals surface area contributed by atoms with Crippen molar-refractivity contribution in [1.82, 2.24) is 4.40 Å². The summed E-state index contributed by atoms with van der Waals surface area (Å²) in [7, 11) is 0. The van der Waals surface area contributed by atoms with Gasteiger partial charge in [0.25, 0.3) is 0 Å². The monoisotopic (exact) mass is 461 g/mol. The van der Waals surface area contributed by atoms with Crippen LogP contribution >= 0.6 is 0 Å². The maximum Gasteiger partial charge on any atom is 0.157 e. The van der Waals surface area contributed by atoms with E-state index in [1.165, 1.54) is 55.2 Å². The van der Waals surface area contributed by atoms with E-state index < -0.39 is 0 Å². The number of nitrogens with one attached hydrogen (secondary N) is 1. The summed E-state index contributed by atoms with van der Waals surface area (Å²) in [6.07, 6.45) is 8.94. The molecule has 1 saturated heterocycles. The van der Waals surface area contributed by atoms with Gasteiger partial charge in [0.1, 0.15) is 17.0 Å². The summed E-state index contributed by atoms with van der Waals surface area (Å²) in [5.41, 5.74) is 7.97. The normalized spacial score (nSPS) is 21.7. The van der Waals surface area contributed by atoms with E-state index in [1.807, 2.05) is 6.07 Å². The average Bonchev–Trinajstić information content (AvgIpc) is 3.25. The molecule has 3 aliphatic rings. The standard InChI is InChI=1S/C32H19N3O/c1-2-8-18(9-3-1)19-14-23-21-17-27-22(20-10-4-5-11-26(20)36-27)16-25(21)34-30(23)24(15-19)29-31(34)35-28-12-6-7-13-32(28,35)33-29/h1-17,28,33H/t28?,32-,35?/m1/s1. The molecule has 1 fully saturated rings. The zero-order valence-corrected chi connectivity index (χ0v) is 19.2. The first-order valence-electron chi connectivity index (χ1n) is 12.5. The van der Waals surface area contributed by atoms with Crippen LogP contribution in [0.4, 0.5) is 11.5 Å². The van der Waals surface area contributed by atoms with Crippen molar-refractivity contribution in [2.45, 2.75) is 11.7 Å². The van der Waals surface area contributed by atoms with Crippen molar-refractivity contribution >= 4 is 60.6 Å². The van der Waals surface area contributed by atoms with Crippen LogP contribution in [0, 0.1) is 0 Å². The van der Waals surface area contributed by atoms with Crippen LogP contribution in [0.5, 0.6) is 0 Å². The third kappa shape index (κ3) is 1.83. The van der Waals surface area contributed by atoms with Crippen LogP contribution in [0.3, 0.4) is 0 Å². The van der Waals surface area contributed by atoms with Crippen LogP contribution < -0.4 is 10.2 Å². The Hall–Kier alpha value is -4.70. The van der Waals surface area contributed by atoms with Crippen molar-refractivity contribution in [3.8, 4) is 11.1 Å². The number of anilines is 2. The predicted octanol–water partition coefficient (Wildman–Crippen LogP) is 7.69. The molecule has 3 aromatic heterocycles. The minimum absolute atomic E-state index is 0.130. The zero-order chi connectivity index (χ0) is 23.2. The molecule has 2 aliphatic heterocycles. The minimum atomic E-state index is -0.130. The fourth-order valence-electron chi connectivity index (χ4n) is 6.95. The van der Waals surface area contributed by atoms with Crippen molar-refractivity contribution < 1.29 is 4.42 Å². The first-order chi connectivity index (χ1) is 17.8. The molecule has 168 valence electrons. The molecule has 4 heteroatoms.